The van der Waals surface area contributed by atoms with E-state index >= 15 is 0 Å². The Kier molecular flexibility index (Phi) is 6.85. The van der Waals surface area contributed by atoms with Crippen molar-refractivity contribution < 1.29 is 13.2 Å². The molecule has 148 valence electrons. The van der Waals surface area contributed by atoms with E-state index < -0.39 is 12.7 Å². The Morgan fingerprint density at radius 2 is 2.12 bits per heavy atom. The molecule has 0 spiro atoms. The van der Waals surface area contributed by atoms with E-state index in [0.29, 0.717) is 26.2 Å². The summed E-state index contributed by atoms with van der Waals surface area (Å²) < 4.78 is 39.8. The molecule has 10 heteroatoms. The lowest BCUT2D eigenvalue weighted by Gasteiger charge is -2.26. The molecule has 0 radical (unpaired) electrons. The molecule has 1 aromatic rings. The summed E-state index contributed by atoms with van der Waals surface area (Å²) in [6, 6.07) is 0. The van der Waals surface area contributed by atoms with Crippen molar-refractivity contribution in [2.75, 3.05) is 39.8 Å². The monoisotopic (exact) mass is 375 g/mol. The normalized spacial score (nSPS) is 18.8. The first-order valence-corrected chi connectivity index (χ1v) is 8.83. The second kappa shape index (κ2) is 8.70. The molecule has 1 fully saturated rings. The fourth-order valence-corrected chi connectivity index (χ4v) is 3.19. The molecule has 1 aromatic heterocycles. The highest BCUT2D eigenvalue weighted by atomic mass is 19.4. The highest BCUT2D eigenvalue weighted by Crippen LogP contribution is 2.21. The summed E-state index contributed by atoms with van der Waals surface area (Å²) in [4.78, 5) is 7.85. The van der Waals surface area contributed by atoms with E-state index in [-0.39, 0.29) is 5.92 Å². The molecular weight excluding hydrogens is 347 g/mol. The average Bonchev–Trinajstić information content (AvgIpc) is 3.15. The van der Waals surface area contributed by atoms with Gasteiger partial charge in [-0.25, -0.2) is 0 Å². The number of aliphatic imine (C=N–C) groups is 1. The van der Waals surface area contributed by atoms with Crippen LogP contribution in [0.2, 0.25) is 0 Å². The molecule has 0 aromatic carbocycles. The van der Waals surface area contributed by atoms with Gasteiger partial charge >= 0.3 is 6.18 Å². The van der Waals surface area contributed by atoms with Crippen molar-refractivity contribution in [1.29, 1.82) is 0 Å². The average molecular weight is 375 g/mol. The van der Waals surface area contributed by atoms with Crippen LogP contribution in [0.25, 0.3) is 0 Å². The van der Waals surface area contributed by atoms with Gasteiger partial charge in [-0.15, -0.1) is 10.2 Å². The van der Waals surface area contributed by atoms with Gasteiger partial charge in [0.25, 0.3) is 0 Å². The van der Waals surface area contributed by atoms with E-state index in [4.69, 9.17) is 0 Å². The molecule has 0 amide bonds. The minimum absolute atomic E-state index is 0.202. The van der Waals surface area contributed by atoms with Gasteiger partial charge in [0.15, 0.2) is 11.8 Å². The molecule has 26 heavy (non-hydrogen) atoms. The summed E-state index contributed by atoms with van der Waals surface area (Å²) >= 11 is 0. The molecule has 7 nitrogen and oxygen atoms in total. The van der Waals surface area contributed by atoms with Gasteiger partial charge < -0.3 is 14.8 Å². The van der Waals surface area contributed by atoms with Gasteiger partial charge in [0, 0.05) is 33.7 Å². The van der Waals surface area contributed by atoms with E-state index in [1.54, 1.807) is 14.0 Å². The third-order valence-corrected chi connectivity index (χ3v) is 4.75. The van der Waals surface area contributed by atoms with Gasteiger partial charge in [-0.2, -0.15) is 13.2 Å². The second-order valence-corrected chi connectivity index (χ2v) is 6.67. The van der Waals surface area contributed by atoms with Crippen LogP contribution >= 0.6 is 0 Å². The van der Waals surface area contributed by atoms with E-state index in [2.05, 4.69) is 25.4 Å². The van der Waals surface area contributed by atoms with Crippen molar-refractivity contribution >= 4 is 5.96 Å². The van der Waals surface area contributed by atoms with Crippen molar-refractivity contribution in [2.24, 2.45) is 18.0 Å². The maximum Gasteiger partial charge on any atom is 0.401 e. The molecule has 1 aliphatic rings. The molecule has 0 saturated carbocycles. The number of likely N-dealkylation sites (tertiary alicyclic amines) is 1. The molecule has 1 atom stereocenters. The quantitative estimate of drug-likeness (QED) is 0.602. The van der Waals surface area contributed by atoms with Gasteiger partial charge in [-0.1, -0.05) is 6.92 Å². The maximum atomic E-state index is 12.6. The first-order valence-electron chi connectivity index (χ1n) is 8.83. The minimum Gasteiger partial charge on any atom is -0.349 e. The van der Waals surface area contributed by atoms with E-state index in [9.17, 15) is 13.2 Å². The van der Waals surface area contributed by atoms with E-state index in [1.165, 1.54) is 4.90 Å². The highest BCUT2D eigenvalue weighted by molar-refractivity contribution is 5.80. The van der Waals surface area contributed by atoms with Gasteiger partial charge in [0.1, 0.15) is 5.82 Å². The van der Waals surface area contributed by atoms with Crippen LogP contribution in [0.15, 0.2) is 4.99 Å². The highest BCUT2D eigenvalue weighted by Gasteiger charge is 2.33. The zero-order chi connectivity index (χ0) is 19.3. The lowest BCUT2D eigenvalue weighted by Crippen LogP contribution is -2.41. The lowest BCUT2D eigenvalue weighted by molar-refractivity contribution is -0.146. The summed E-state index contributed by atoms with van der Waals surface area (Å²) in [7, 11) is 3.61. The van der Waals surface area contributed by atoms with Crippen LogP contribution in [0.4, 0.5) is 13.2 Å². The number of aromatic nitrogens is 3. The number of nitrogens with zero attached hydrogens (tertiary/aromatic N) is 6. The van der Waals surface area contributed by atoms with Crippen LogP contribution in [0.1, 0.15) is 25.0 Å². The Morgan fingerprint density at radius 3 is 2.65 bits per heavy atom. The number of alkyl halides is 3. The van der Waals surface area contributed by atoms with Gasteiger partial charge in [0.2, 0.25) is 0 Å². The molecular formula is C16H28F3N7. The predicted octanol–water partition coefficient (Wildman–Crippen LogP) is 1.41. The summed E-state index contributed by atoms with van der Waals surface area (Å²) in [6.07, 6.45) is -3.29. The van der Waals surface area contributed by atoms with Crippen molar-refractivity contribution in [3.05, 3.63) is 11.6 Å². The fourth-order valence-electron chi connectivity index (χ4n) is 3.19. The van der Waals surface area contributed by atoms with E-state index in [0.717, 1.165) is 30.6 Å². The predicted molar refractivity (Wildman–Crippen MR) is 93.8 cm³/mol. The zero-order valence-corrected chi connectivity index (χ0v) is 15.8. The van der Waals surface area contributed by atoms with Crippen molar-refractivity contribution in [3.8, 4) is 0 Å². The Bertz CT molecular complexity index is 611. The SMILES string of the molecule is CCN(CC1CCN(C(=NC)NCc2nnc(C)n2C)C1)CC(F)(F)F. The minimum atomic E-state index is -4.15. The fraction of sp³-hybridized carbons (Fsp3) is 0.812. The molecule has 1 N–H and O–H groups in total. The first-order chi connectivity index (χ1) is 12.2. The number of rotatable bonds is 6. The number of guanidine groups is 1. The topological polar surface area (TPSA) is 61.6 Å². The molecule has 1 aliphatic heterocycles. The zero-order valence-electron chi connectivity index (χ0n) is 15.8. The first kappa shape index (κ1) is 20.5. The number of halogens is 3. The number of nitrogens with one attached hydrogen (secondary N) is 1. The second-order valence-electron chi connectivity index (χ2n) is 6.67. The van der Waals surface area contributed by atoms with Gasteiger partial charge in [0.05, 0.1) is 13.1 Å². The molecule has 1 saturated heterocycles. The maximum absolute atomic E-state index is 12.6. The van der Waals surface area contributed by atoms with Gasteiger partial charge in [-0.05, 0) is 25.8 Å². The largest absolute Gasteiger partial charge is 0.401 e. The van der Waals surface area contributed by atoms with E-state index in [1.807, 2.05) is 18.5 Å². The Labute approximate surface area is 152 Å². The van der Waals surface area contributed by atoms with Gasteiger partial charge in [-0.3, -0.25) is 9.89 Å². The smallest absolute Gasteiger partial charge is 0.349 e. The third-order valence-electron chi connectivity index (χ3n) is 4.75. The Hall–Kier alpha value is -1.84. The molecule has 0 aliphatic carbocycles. The standard InChI is InChI=1S/C16H28F3N7/c1-5-25(11-16(17,18)19)9-13-6-7-26(10-13)15(20-3)21-8-14-23-22-12(2)24(14)4/h13H,5-11H2,1-4H3,(H,20,21). The van der Waals surface area contributed by atoms with Crippen LogP contribution in [-0.2, 0) is 13.6 Å². The van der Waals surface area contributed by atoms with Crippen molar-refractivity contribution in [3.63, 3.8) is 0 Å². The third kappa shape index (κ3) is 5.58. The number of aryl methyl sites for hydroxylation is 1. The van der Waals surface area contributed by atoms with Crippen LogP contribution < -0.4 is 5.32 Å². The Morgan fingerprint density at radius 1 is 1.38 bits per heavy atom. The van der Waals surface area contributed by atoms with Crippen LogP contribution in [0, 0.1) is 12.8 Å². The Balaban J connectivity index is 1.86. The lowest BCUT2D eigenvalue weighted by atomic mass is 10.1. The summed E-state index contributed by atoms with van der Waals surface area (Å²) in [5.74, 6) is 2.59. The molecule has 2 rings (SSSR count). The molecule has 1 unspecified atom stereocenters. The van der Waals surface area contributed by atoms with Crippen LogP contribution in [0.5, 0.6) is 0 Å². The summed E-state index contributed by atoms with van der Waals surface area (Å²) in [5.41, 5.74) is 0. The van der Waals surface area contributed by atoms with Crippen LogP contribution in [-0.4, -0.2) is 76.5 Å². The van der Waals surface area contributed by atoms with Crippen molar-refractivity contribution in [2.45, 2.75) is 33.0 Å². The summed E-state index contributed by atoms with van der Waals surface area (Å²) in [6.45, 7) is 5.63. The van der Waals surface area contributed by atoms with Crippen molar-refractivity contribution in [1.82, 2.24) is 29.9 Å². The number of hydrogen-bond acceptors (Lipinski definition) is 4. The summed E-state index contributed by atoms with van der Waals surface area (Å²) in [5, 5.41) is 11.4. The van der Waals surface area contributed by atoms with Crippen LogP contribution in [0.3, 0.4) is 0 Å². The number of hydrogen-bond donors (Lipinski definition) is 1. The molecule has 2 heterocycles. The molecule has 0 bridgehead atoms.